The predicted molar refractivity (Wildman–Crippen MR) is 101 cm³/mol. The van der Waals surface area contributed by atoms with E-state index < -0.39 is 28.3 Å². The highest BCUT2D eigenvalue weighted by atomic mass is 35.5. The molecule has 0 aliphatic heterocycles. The first-order valence-electron chi connectivity index (χ1n) is 8.04. The van der Waals surface area contributed by atoms with E-state index in [0.29, 0.717) is 11.4 Å². The van der Waals surface area contributed by atoms with E-state index in [-0.39, 0.29) is 16.6 Å². The highest BCUT2D eigenvalue weighted by molar-refractivity contribution is 7.89. The summed E-state index contributed by atoms with van der Waals surface area (Å²) in [5, 5.41) is 2.68. The zero-order valence-corrected chi connectivity index (χ0v) is 16.0. The van der Waals surface area contributed by atoms with Crippen LogP contribution >= 0.6 is 11.6 Å². The summed E-state index contributed by atoms with van der Waals surface area (Å²) in [6.45, 7) is -0.641. The van der Waals surface area contributed by atoms with Crippen molar-refractivity contribution in [3.63, 3.8) is 0 Å². The zero-order valence-electron chi connectivity index (χ0n) is 14.4. The molecule has 2 heterocycles. The highest BCUT2D eigenvalue weighted by Crippen LogP contribution is 2.19. The zero-order chi connectivity index (χ0) is 20.1. The Kier molecular flexibility index (Phi) is 6.08. The Morgan fingerprint density at radius 3 is 2.54 bits per heavy atom. The number of nitrogens with zero attached hydrogens (tertiary/aromatic N) is 2. The van der Waals surface area contributed by atoms with Gasteiger partial charge >= 0.3 is 0 Å². The number of carbonyl (C=O) groups is 1. The molecule has 0 saturated heterocycles. The van der Waals surface area contributed by atoms with E-state index in [9.17, 15) is 17.6 Å². The number of furan rings is 1. The fourth-order valence-corrected chi connectivity index (χ4v) is 3.78. The Bertz CT molecular complexity index is 1040. The van der Waals surface area contributed by atoms with Crippen LogP contribution in [0.15, 0.2) is 70.3 Å². The van der Waals surface area contributed by atoms with Crippen molar-refractivity contribution in [3.05, 3.63) is 77.7 Å². The van der Waals surface area contributed by atoms with Crippen LogP contribution in [0.3, 0.4) is 0 Å². The maximum absolute atomic E-state index is 13.0. The number of nitrogens with one attached hydrogen (secondary N) is 1. The molecule has 1 amide bonds. The van der Waals surface area contributed by atoms with Crippen molar-refractivity contribution in [2.75, 3.05) is 11.9 Å². The number of carbonyl (C=O) groups excluding carboxylic acids is 1. The molecule has 28 heavy (non-hydrogen) atoms. The average Bonchev–Trinajstić information content (AvgIpc) is 3.17. The smallest absolute Gasteiger partial charge is 0.245 e. The summed E-state index contributed by atoms with van der Waals surface area (Å²) in [5.41, 5.74) is 0.343. The molecule has 0 fully saturated rings. The van der Waals surface area contributed by atoms with Crippen molar-refractivity contribution in [2.45, 2.75) is 11.4 Å². The molecule has 146 valence electrons. The van der Waals surface area contributed by atoms with Crippen LogP contribution in [0.5, 0.6) is 0 Å². The topological polar surface area (TPSA) is 92.5 Å². The van der Waals surface area contributed by atoms with Gasteiger partial charge in [0.1, 0.15) is 21.6 Å². The van der Waals surface area contributed by atoms with Crippen LogP contribution in [0.4, 0.5) is 10.1 Å². The minimum atomic E-state index is -4.06. The molecule has 1 aromatic carbocycles. The lowest BCUT2D eigenvalue weighted by Gasteiger charge is -2.20. The summed E-state index contributed by atoms with van der Waals surface area (Å²) in [7, 11) is -4.06. The first-order valence-corrected chi connectivity index (χ1v) is 9.86. The third kappa shape index (κ3) is 4.94. The van der Waals surface area contributed by atoms with Crippen LogP contribution < -0.4 is 5.32 Å². The van der Waals surface area contributed by atoms with Gasteiger partial charge in [-0.3, -0.25) is 4.79 Å². The number of amides is 1. The van der Waals surface area contributed by atoms with Gasteiger partial charge in [-0.2, -0.15) is 4.31 Å². The first kappa shape index (κ1) is 20.0. The average molecular weight is 424 g/mol. The van der Waals surface area contributed by atoms with Gasteiger partial charge in [-0.1, -0.05) is 11.6 Å². The molecular formula is C18H15ClFN3O4S. The molecule has 0 unspecified atom stereocenters. The van der Waals surface area contributed by atoms with Gasteiger partial charge in [0, 0.05) is 11.9 Å². The molecule has 0 bridgehead atoms. The Labute approximate surface area is 165 Å². The summed E-state index contributed by atoms with van der Waals surface area (Å²) in [6.07, 6.45) is 2.52. The molecule has 1 N–H and O–H groups in total. The van der Waals surface area contributed by atoms with Gasteiger partial charge in [0.25, 0.3) is 0 Å². The second kappa shape index (κ2) is 8.51. The number of aromatic nitrogens is 1. The lowest BCUT2D eigenvalue weighted by molar-refractivity contribution is -0.116. The van der Waals surface area contributed by atoms with Crippen molar-refractivity contribution in [3.8, 4) is 0 Å². The number of benzene rings is 1. The van der Waals surface area contributed by atoms with Gasteiger partial charge in [0.2, 0.25) is 15.9 Å². The van der Waals surface area contributed by atoms with E-state index >= 15 is 0 Å². The van der Waals surface area contributed by atoms with Crippen LogP contribution in [-0.2, 0) is 21.4 Å². The standard InChI is InChI=1S/C18H15ClFN3O4S/c19-17-8-7-16(10-21-17)28(25,26)23(11-15-2-1-9-27-15)12-18(24)22-14-5-3-13(20)4-6-14/h1-10H,11-12H2,(H,22,24). The van der Waals surface area contributed by atoms with Crippen LogP contribution in [-0.4, -0.2) is 30.2 Å². The fraction of sp³-hybridized carbons (Fsp3) is 0.111. The molecule has 0 radical (unpaired) electrons. The monoisotopic (exact) mass is 423 g/mol. The molecule has 7 nitrogen and oxygen atoms in total. The molecule has 0 aliphatic carbocycles. The van der Waals surface area contributed by atoms with E-state index in [0.717, 1.165) is 10.5 Å². The summed E-state index contributed by atoms with van der Waals surface area (Å²) < 4.78 is 45.1. The van der Waals surface area contributed by atoms with E-state index in [1.165, 1.54) is 42.7 Å². The molecule has 0 atom stereocenters. The van der Waals surface area contributed by atoms with Crippen LogP contribution in [0.25, 0.3) is 0 Å². The molecule has 0 spiro atoms. The first-order chi connectivity index (χ1) is 13.3. The SMILES string of the molecule is O=C(CN(Cc1ccco1)S(=O)(=O)c1ccc(Cl)nc1)Nc1ccc(F)cc1. The maximum atomic E-state index is 13.0. The summed E-state index contributed by atoms with van der Waals surface area (Å²) >= 11 is 5.72. The number of hydrogen-bond donors (Lipinski definition) is 1. The Morgan fingerprint density at radius 2 is 1.93 bits per heavy atom. The summed E-state index contributed by atoms with van der Waals surface area (Å²) in [6, 6.07) is 11.0. The molecule has 3 rings (SSSR count). The van der Waals surface area contributed by atoms with E-state index in [4.69, 9.17) is 16.0 Å². The van der Waals surface area contributed by atoms with E-state index in [2.05, 4.69) is 10.3 Å². The quantitative estimate of drug-likeness (QED) is 0.588. The lowest BCUT2D eigenvalue weighted by atomic mass is 10.3. The van der Waals surface area contributed by atoms with E-state index in [1.54, 1.807) is 12.1 Å². The number of sulfonamides is 1. The van der Waals surface area contributed by atoms with Crippen LogP contribution in [0, 0.1) is 5.82 Å². The lowest BCUT2D eigenvalue weighted by Crippen LogP contribution is -2.37. The van der Waals surface area contributed by atoms with Gasteiger partial charge in [-0.15, -0.1) is 0 Å². The summed E-state index contributed by atoms with van der Waals surface area (Å²) in [5.74, 6) is -0.681. The highest BCUT2D eigenvalue weighted by Gasteiger charge is 2.28. The molecule has 2 aromatic heterocycles. The second-order valence-electron chi connectivity index (χ2n) is 5.72. The maximum Gasteiger partial charge on any atom is 0.245 e. The van der Waals surface area contributed by atoms with Crippen molar-refractivity contribution >= 4 is 33.2 Å². The van der Waals surface area contributed by atoms with Crippen molar-refractivity contribution in [2.24, 2.45) is 0 Å². The minimum Gasteiger partial charge on any atom is -0.468 e. The van der Waals surface area contributed by atoms with Gasteiger partial charge in [0.15, 0.2) is 0 Å². The molecule has 3 aromatic rings. The molecule has 0 aliphatic rings. The van der Waals surface area contributed by atoms with E-state index in [1.807, 2.05) is 0 Å². The molecule has 10 heteroatoms. The molecule has 0 saturated carbocycles. The predicted octanol–water partition coefficient (Wildman–Crippen LogP) is 3.30. The summed E-state index contributed by atoms with van der Waals surface area (Å²) in [4.78, 5) is 16.1. The number of rotatable bonds is 7. The van der Waals surface area contributed by atoms with Gasteiger partial charge in [-0.25, -0.2) is 17.8 Å². The number of anilines is 1. The second-order valence-corrected chi connectivity index (χ2v) is 8.05. The van der Waals surface area contributed by atoms with Crippen LogP contribution in [0.2, 0.25) is 5.15 Å². The van der Waals surface area contributed by atoms with Gasteiger partial charge in [-0.05, 0) is 48.5 Å². The minimum absolute atomic E-state index is 0.113. The fourth-order valence-electron chi connectivity index (χ4n) is 2.36. The Hall–Kier alpha value is -2.75. The van der Waals surface area contributed by atoms with Crippen molar-refractivity contribution in [1.29, 1.82) is 0 Å². The molecular weight excluding hydrogens is 409 g/mol. The van der Waals surface area contributed by atoms with Gasteiger partial charge in [0.05, 0.1) is 19.4 Å². The number of halogens is 2. The number of pyridine rings is 1. The number of hydrogen-bond acceptors (Lipinski definition) is 5. The Morgan fingerprint density at radius 1 is 1.18 bits per heavy atom. The third-order valence-corrected chi connectivity index (χ3v) is 5.70. The van der Waals surface area contributed by atoms with Crippen molar-refractivity contribution in [1.82, 2.24) is 9.29 Å². The Balaban J connectivity index is 1.83. The van der Waals surface area contributed by atoms with Gasteiger partial charge < -0.3 is 9.73 Å². The van der Waals surface area contributed by atoms with Crippen molar-refractivity contribution < 1.29 is 22.0 Å². The third-order valence-electron chi connectivity index (χ3n) is 3.70. The normalized spacial score (nSPS) is 11.5. The van der Waals surface area contributed by atoms with Crippen LogP contribution in [0.1, 0.15) is 5.76 Å². The largest absolute Gasteiger partial charge is 0.468 e.